The van der Waals surface area contributed by atoms with Gasteiger partial charge >= 0.3 is 0 Å². The first kappa shape index (κ1) is 18.6. The molecule has 7 heteroatoms. The lowest BCUT2D eigenvalue weighted by atomic mass is 9.47. The third-order valence-corrected chi connectivity index (χ3v) is 8.59. The summed E-state index contributed by atoms with van der Waals surface area (Å²) in [7, 11) is 0. The van der Waals surface area contributed by atoms with Crippen LogP contribution in [0.3, 0.4) is 0 Å². The number of phenols is 1. The van der Waals surface area contributed by atoms with Gasteiger partial charge in [0.15, 0.2) is 23.4 Å². The Hall–Kier alpha value is -2.12. The van der Waals surface area contributed by atoms with Gasteiger partial charge in [-0.25, -0.2) is 0 Å². The fourth-order valence-electron chi connectivity index (χ4n) is 7.18. The number of nitrogens with one attached hydrogen (secondary N) is 1. The molecule has 5 aliphatic rings. The molecule has 2 bridgehead atoms. The number of carbonyl (C=O) groups excluding carboxylic acids is 2. The van der Waals surface area contributed by atoms with Gasteiger partial charge in [0, 0.05) is 37.2 Å². The molecule has 1 aromatic rings. The third kappa shape index (κ3) is 2.07. The fraction of sp³-hybridized carbons (Fsp3) is 0.652. The molecule has 2 saturated carbocycles. The molecule has 2 aliphatic heterocycles. The van der Waals surface area contributed by atoms with Crippen LogP contribution in [0.25, 0.3) is 0 Å². The average Bonchev–Trinajstić information content (AvgIpc) is 3.45. The molecule has 0 aromatic heterocycles. The number of quaternary nitrogens is 1. The van der Waals surface area contributed by atoms with Gasteiger partial charge in [-0.15, -0.1) is 0 Å². The highest BCUT2D eigenvalue weighted by atomic mass is 16.6. The number of ether oxygens (including phenoxy) is 1. The number of ketones is 1. The zero-order valence-corrected chi connectivity index (χ0v) is 17.3. The van der Waals surface area contributed by atoms with Crippen LogP contribution in [-0.2, 0) is 21.4 Å². The summed E-state index contributed by atoms with van der Waals surface area (Å²) in [6.45, 7) is 2.82. The molecular weight excluding hydrogens is 384 g/mol. The van der Waals surface area contributed by atoms with Crippen LogP contribution in [0.4, 0.5) is 0 Å². The Morgan fingerprint density at radius 2 is 2.17 bits per heavy atom. The smallest absolute Gasteiger partial charge is 0.220 e. The number of benzene rings is 1. The van der Waals surface area contributed by atoms with Crippen molar-refractivity contribution in [3.8, 4) is 11.5 Å². The van der Waals surface area contributed by atoms with E-state index in [2.05, 4.69) is 5.32 Å². The van der Waals surface area contributed by atoms with Gasteiger partial charge in [-0.05, 0) is 30.9 Å². The second-order valence-corrected chi connectivity index (χ2v) is 10.0. The average molecular weight is 412 g/mol. The minimum absolute atomic E-state index is 0.00617. The monoisotopic (exact) mass is 412 g/mol. The fourth-order valence-corrected chi connectivity index (χ4v) is 7.18. The Kier molecular flexibility index (Phi) is 3.58. The van der Waals surface area contributed by atoms with Gasteiger partial charge in [0.1, 0.15) is 11.6 Å². The molecule has 1 spiro atoms. The van der Waals surface area contributed by atoms with E-state index >= 15 is 0 Å². The van der Waals surface area contributed by atoms with Crippen molar-refractivity contribution in [2.45, 2.75) is 75.0 Å². The van der Waals surface area contributed by atoms with E-state index < -0.39 is 17.1 Å². The highest BCUT2D eigenvalue weighted by Crippen LogP contribution is 2.66. The summed E-state index contributed by atoms with van der Waals surface area (Å²) in [6, 6.07) is 3.15. The van der Waals surface area contributed by atoms with E-state index in [0.717, 1.165) is 24.0 Å². The van der Waals surface area contributed by atoms with Crippen LogP contribution < -0.4 is 10.1 Å². The van der Waals surface area contributed by atoms with Crippen molar-refractivity contribution in [1.82, 2.24) is 5.32 Å². The number of amides is 1. The molecule has 5 atom stereocenters. The van der Waals surface area contributed by atoms with Gasteiger partial charge in [-0.1, -0.05) is 13.0 Å². The van der Waals surface area contributed by atoms with E-state index in [1.165, 1.54) is 0 Å². The maximum Gasteiger partial charge on any atom is 0.220 e. The summed E-state index contributed by atoms with van der Waals surface area (Å²) >= 11 is 0. The van der Waals surface area contributed by atoms with Crippen molar-refractivity contribution in [1.29, 1.82) is 0 Å². The quantitative estimate of drug-likeness (QED) is 0.583. The first-order valence-electron chi connectivity index (χ1n) is 11.3. The lowest BCUT2D eigenvalue weighted by molar-refractivity contribution is -0.920. The zero-order valence-electron chi connectivity index (χ0n) is 17.3. The standard InChI is InChI=1S/C23H28N2O5/c1-2-18(28)24-23-8-7-16(27)21-22(23)9-10-25(29,12-13-3-4-13)17(23)11-14-5-6-15(26)20(30-21)19(14)22/h5-6,13,17,21,26H,2-4,7-12H2,1H3,(H,24,28)/t17-,21+,22+,23-,25?/m1/s1. The third-order valence-electron chi connectivity index (χ3n) is 8.59. The van der Waals surface area contributed by atoms with E-state index in [9.17, 15) is 19.9 Å². The summed E-state index contributed by atoms with van der Waals surface area (Å²) in [5, 5.41) is 28.2. The number of aromatic hydroxyl groups is 1. The molecular formula is C23H28N2O5. The van der Waals surface area contributed by atoms with E-state index in [1.54, 1.807) is 6.07 Å². The van der Waals surface area contributed by atoms with E-state index in [-0.39, 0.29) is 34.5 Å². The molecule has 1 saturated heterocycles. The van der Waals surface area contributed by atoms with Gasteiger partial charge in [0.05, 0.1) is 18.5 Å². The van der Waals surface area contributed by atoms with Crippen molar-refractivity contribution in [3.05, 3.63) is 28.5 Å². The van der Waals surface area contributed by atoms with Crippen molar-refractivity contribution < 1.29 is 24.1 Å². The second-order valence-electron chi connectivity index (χ2n) is 10.0. The molecule has 3 aliphatic carbocycles. The van der Waals surface area contributed by atoms with Crippen LogP contribution in [0.1, 0.15) is 56.6 Å². The van der Waals surface area contributed by atoms with Crippen molar-refractivity contribution in [3.63, 3.8) is 0 Å². The molecule has 160 valence electrons. The maximum absolute atomic E-state index is 14.3. The molecule has 0 radical (unpaired) electrons. The van der Waals surface area contributed by atoms with Crippen molar-refractivity contribution in [2.24, 2.45) is 5.92 Å². The van der Waals surface area contributed by atoms with Crippen LogP contribution >= 0.6 is 0 Å². The number of hydroxylamine groups is 3. The Morgan fingerprint density at radius 3 is 2.90 bits per heavy atom. The molecule has 3 fully saturated rings. The van der Waals surface area contributed by atoms with Gasteiger partial charge in [0.25, 0.3) is 0 Å². The molecule has 30 heavy (non-hydrogen) atoms. The normalized spacial score (nSPS) is 40.5. The number of phenolic OH excluding ortho intramolecular Hbond substituents is 1. The van der Waals surface area contributed by atoms with Crippen LogP contribution in [0.2, 0.25) is 0 Å². The minimum atomic E-state index is -0.820. The number of rotatable bonds is 4. The van der Waals surface area contributed by atoms with Crippen LogP contribution in [-0.4, -0.2) is 52.2 Å². The minimum Gasteiger partial charge on any atom is -0.633 e. The number of hydrogen-bond acceptors (Lipinski definition) is 5. The Balaban J connectivity index is 1.61. The molecule has 1 unspecified atom stereocenters. The predicted octanol–water partition coefficient (Wildman–Crippen LogP) is 2.07. The van der Waals surface area contributed by atoms with E-state index in [0.29, 0.717) is 50.4 Å². The Morgan fingerprint density at radius 1 is 1.37 bits per heavy atom. The molecule has 7 nitrogen and oxygen atoms in total. The van der Waals surface area contributed by atoms with Crippen LogP contribution in [0.5, 0.6) is 11.5 Å². The van der Waals surface area contributed by atoms with Gasteiger partial charge in [-0.3, -0.25) is 9.59 Å². The largest absolute Gasteiger partial charge is 0.633 e. The maximum atomic E-state index is 14.3. The first-order chi connectivity index (χ1) is 14.3. The lowest BCUT2D eigenvalue weighted by Crippen LogP contribution is -2.85. The Bertz CT molecular complexity index is 975. The zero-order chi connectivity index (χ0) is 20.9. The summed E-state index contributed by atoms with van der Waals surface area (Å²) < 4.78 is 5.87. The number of Topliss-reactive ketones (excluding diaryl/α,β-unsaturated/α-hetero) is 1. The number of hydrogen-bond donors (Lipinski definition) is 2. The molecule has 2 N–H and O–H groups in total. The van der Waals surface area contributed by atoms with Crippen molar-refractivity contribution >= 4 is 11.7 Å². The summed E-state index contributed by atoms with van der Waals surface area (Å²) in [6.07, 6.45) is 3.55. The predicted molar refractivity (Wildman–Crippen MR) is 108 cm³/mol. The van der Waals surface area contributed by atoms with Crippen LogP contribution in [0, 0.1) is 11.1 Å². The number of piperidine rings is 1. The van der Waals surface area contributed by atoms with E-state index in [4.69, 9.17) is 4.74 Å². The van der Waals surface area contributed by atoms with E-state index in [1.807, 2.05) is 13.0 Å². The van der Waals surface area contributed by atoms with Crippen molar-refractivity contribution in [2.75, 3.05) is 13.1 Å². The molecule has 1 aromatic carbocycles. The SMILES string of the molecule is CCC(=O)N[C@@]12CCC(=O)[C@@H]3Oc4c(O)ccc5c4[C@@]31CC[N+]([O-])(CC1CC1)[C@@H]2C5. The summed E-state index contributed by atoms with van der Waals surface area (Å²) in [4.78, 5) is 25.9. The number of carbonyl (C=O) groups is 2. The highest BCUT2D eigenvalue weighted by Gasteiger charge is 2.76. The number of nitrogens with zero attached hydrogens (tertiary/aromatic N) is 1. The van der Waals surface area contributed by atoms with Gasteiger partial charge < -0.3 is 25.0 Å². The molecule has 6 rings (SSSR count). The highest BCUT2D eigenvalue weighted by molar-refractivity contribution is 5.91. The summed E-state index contributed by atoms with van der Waals surface area (Å²) in [5.74, 6) is 0.796. The van der Waals surface area contributed by atoms with Gasteiger partial charge in [0.2, 0.25) is 5.91 Å². The number of likely N-dealkylation sites (tertiary alicyclic amines) is 1. The molecule has 2 heterocycles. The lowest BCUT2D eigenvalue weighted by Gasteiger charge is -2.69. The first-order valence-corrected chi connectivity index (χ1v) is 11.3. The van der Waals surface area contributed by atoms with Gasteiger partial charge in [-0.2, -0.15) is 0 Å². The topological polar surface area (TPSA) is 98.7 Å². The van der Waals surface area contributed by atoms with Crippen LogP contribution in [0.15, 0.2) is 12.1 Å². The molecule has 1 amide bonds. The second kappa shape index (κ2) is 5.77. The summed E-state index contributed by atoms with van der Waals surface area (Å²) in [5.41, 5.74) is 0.264. The Labute approximate surface area is 175 Å².